The molecular weight excluding hydrogens is 795 g/mol. The monoisotopic (exact) mass is 870 g/mol. The van der Waals surface area contributed by atoms with E-state index in [1.54, 1.807) is 0 Å². The molecule has 0 aromatic heterocycles. The molecule has 1 nitrogen and oxygen atoms in total. The lowest BCUT2D eigenvalue weighted by atomic mass is 9.78. The van der Waals surface area contributed by atoms with Gasteiger partial charge in [0.1, 0.15) is 0 Å². The Morgan fingerprint density at radius 2 is 0.727 bits per heavy atom. The topological polar surface area (TPSA) is 3.24 Å². The van der Waals surface area contributed by atoms with Gasteiger partial charge in [-0.25, -0.2) is 0 Å². The van der Waals surface area contributed by atoms with E-state index in [-0.39, 0.29) is 32.5 Å². The van der Waals surface area contributed by atoms with Gasteiger partial charge >= 0.3 is 0 Å². The lowest BCUT2D eigenvalue weighted by molar-refractivity contribution is 0.569. The van der Waals surface area contributed by atoms with Crippen LogP contribution in [0, 0.1) is 0 Å². The van der Waals surface area contributed by atoms with Gasteiger partial charge in [0.15, 0.2) is 0 Å². The third-order valence-corrected chi connectivity index (χ3v) is 14.2. The number of para-hydroxylation sites is 1. The summed E-state index contributed by atoms with van der Waals surface area (Å²) < 4.78 is 0. The summed E-state index contributed by atoms with van der Waals surface area (Å²) in [4.78, 5) is 2.54. The highest BCUT2D eigenvalue weighted by molar-refractivity contribution is 5.92. The van der Waals surface area contributed by atoms with Gasteiger partial charge in [-0.05, 0) is 141 Å². The van der Waals surface area contributed by atoms with Gasteiger partial charge in [0.25, 0.3) is 0 Å². The number of hydrogen-bond acceptors (Lipinski definition) is 1. The molecule has 0 N–H and O–H groups in total. The largest absolute Gasteiger partial charge is 0.310 e. The van der Waals surface area contributed by atoms with E-state index >= 15 is 0 Å². The normalized spacial score (nSPS) is 14.0. The molecule has 0 fully saturated rings. The lowest BCUT2D eigenvalue weighted by Gasteiger charge is -2.32. The fourth-order valence-electron chi connectivity index (χ4n) is 9.72. The molecule has 0 aliphatic heterocycles. The minimum absolute atomic E-state index is 0.0142. The SMILES string of the molecule is CC(C)(C)c1ccc(-c2ccccc2N(c2cc(-c3cc(-c4cc(C(C)(C)C)cc(C(C)(C)C)c4)cc(C(C)(C)C)c3)cc(C(C)(C)C)c2)c2ccc3c(c2)C(C)(C)c2ccccc2-3)cc1. The maximum absolute atomic E-state index is 2.54. The first kappa shape index (κ1) is 46.9. The minimum atomic E-state index is -0.144. The molecule has 0 spiro atoms. The molecule has 0 bridgehead atoms. The second-order valence-corrected chi connectivity index (χ2v) is 24.9. The van der Waals surface area contributed by atoms with Gasteiger partial charge in [-0.1, -0.05) is 227 Å². The summed E-state index contributed by atoms with van der Waals surface area (Å²) in [7, 11) is 0. The van der Waals surface area contributed by atoms with Crippen LogP contribution in [0.1, 0.15) is 157 Å². The van der Waals surface area contributed by atoms with Crippen LogP contribution in [0.3, 0.4) is 0 Å². The average molecular weight is 870 g/mol. The molecule has 7 aromatic carbocycles. The van der Waals surface area contributed by atoms with E-state index in [2.05, 4.69) is 268 Å². The molecule has 66 heavy (non-hydrogen) atoms. The lowest BCUT2D eigenvalue weighted by Crippen LogP contribution is -2.18. The Balaban J connectivity index is 1.40. The molecule has 0 heterocycles. The third kappa shape index (κ3) is 9.08. The first-order valence-corrected chi connectivity index (χ1v) is 24.3. The number of rotatable bonds is 6. The van der Waals surface area contributed by atoms with Crippen LogP contribution in [0.2, 0.25) is 0 Å². The highest BCUT2D eigenvalue weighted by Crippen LogP contribution is 2.52. The van der Waals surface area contributed by atoms with Crippen LogP contribution in [0.4, 0.5) is 17.1 Å². The van der Waals surface area contributed by atoms with Crippen LogP contribution in [-0.4, -0.2) is 0 Å². The van der Waals surface area contributed by atoms with Crippen LogP contribution in [0.15, 0.2) is 146 Å². The van der Waals surface area contributed by atoms with Crippen molar-refractivity contribution in [3.8, 4) is 44.5 Å². The highest BCUT2D eigenvalue weighted by atomic mass is 15.1. The van der Waals surface area contributed by atoms with Crippen molar-refractivity contribution in [2.24, 2.45) is 0 Å². The first-order valence-electron chi connectivity index (χ1n) is 24.3. The van der Waals surface area contributed by atoms with E-state index in [0.29, 0.717) is 0 Å². The van der Waals surface area contributed by atoms with Crippen molar-refractivity contribution in [2.75, 3.05) is 4.90 Å². The second kappa shape index (κ2) is 16.3. The van der Waals surface area contributed by atoms with E-state index in [0.717, 1.165) is 17.1 Å². The number of fused-ring (bicyclic) bond motifs is 3. The van der Waals surface area contributed by atoms with Gasteiger partial charge in [-0.3, -0.25) is 0 Å². The predicted octanol–water partition coefficient (Wildman–Crippen LogP) is 19.0. The molecule has 0 saturated heterocycles. The van der Waals surface area contributed by atoms with Crippen molar-refractivity contribution in [3.05, 3.63) is 185 Å². The Bertz CT molecular complexity index is 2900. The van der Waals surface area contributed by atoms with Gasteiger partial charge in [0.2, 0.25) is 0 Å². The molecular formula is C65H75N. The Labute approximate surface area is 399 Å². The zero-order valence-electron chi connectivity index (χ0n) is 43.3. The molecule has 8 rings (SSSR count). The number of anilines is 3. The summed E-state index contributed by atoms with van der Waals surface area (Å²) in [6.07, 6.45) is 0. The fourth-order valence-corrected chi connectivity index (χ4v) is 9.72. The smallest absolute Gasteiger partial charge is 0.0540 e. The minimum Gasteiger partial charge on any atom is -0.310 e. The van der Waals surface area contributed by atoms with Crippen molar-refractivity contribution < 1.29 is 0 Å². The molecule has 0 atom stereocenters. The summed E-state index contributed by atoms with van der Waals surface area (Å²) >= 11 is 0. The quantitative estimate of drug-likeness (QED) is 0.161. The first-order chi connectivity index (χ1) is 30.6. The van der Waals surface area contributed by atoms with E-state index in [4.69, 9.17) is 0 Å². The molecule has 340 valence electrons. The molecule has 0 radical (unpaired) electrons. The third-order valence-electron chi connectivity index (χ3n) is 14.2. The van der Waals surface area contributed by atoms with Crippen LogP contribution < -0.4 is 4.90 Å². The average Bonchev–Trinajstić information content (AvgIpc) is 3.47. The fraction of sp³-hybridized carbons (Fsp3) is 0.354. The molecule has 1 heteroatoms. The molecule has 0 amide bonds. The summed E-state index contributed by atoms with van der Waals surface area (Å²) in [5, 5.41) is 0. The number of hydrogen-bond donors (Lipinski definition) is 0. The molecule has 7 aromatic rings. The van der Waals surface area contributed by atoms with Gasteiger partial charge in [-0.15, -0.1) is 0 Å². The maximum atomic E-state index is 2.54. The van der Waals surface area contributed by atoms with Gasteiger partial charge in [0, 0.05) is 22.4 Å². The van der Waals surface area contributed by atoms with Gasteiger partial charge in [0.05, 0.1) is 5.69 Å². The van der Waals surface area contributed by atoms with Crippen molar-refractivity contribution in [3.63, 3.8) is 0 Å². The van der Waals surface area contributed by atoms with E-state index in [1.165, 1.54) is 83.5 Å². The molecule has 0 unspecified atom stereocenters. The zero-order chi connectivity index (χ0) is 47.9. The van der Waals surface area contributed by atoms with Crippen LogP contribution in [0.25, 0.3) is 44.5 Å². The van der Waals surface area contributed by atoms with Crippen LogP contribution in [0.5, 0.6) is 0 Å². The Hall–Kier alpha value is -5.66. The second-order valence-electron chi connectivity index (χ2n) is 24.9. The van der Waals surface area contributed by atoms with Crippen LogP contribution >= 0.6 is 0 Å². The van der Waals surface area contributed by atoms with Crippen LogP contribution in [-0.2, 0) is 32.5 Å². The van der Waals surface area contributed by atoms with Gasteiger partial charge < -0.3 is 4.90 Å². The van der Waals surface area contributed by atoms with Gasteiger partial charge in [-0.2, -0.15) is 0 Å². The summed E-state index contributed by atoms with van der Waals surface area (Å²) in [5.41, 5.74) is 22.8. The molecule has 1 aliphatic rings. The van der Waals surface area contributed by atoms with Crippen molar-refractivity contribution in [2.45, 2.75) is 150 Å². The predicted molar refractivity (Wildman–Crippen MR) is 288 cm³/mol. The van der Waals surface area contributed by atoms with Crippen molar-refractivity contribution in [1.29, 1.82) is 0 Å². The highest BCUT2D eigenvalue weighted by Gasteiger charge is 2.36. The Kier molecular flexibility index (Phi) is 11.6. The summed E-state index contributed by atoms with van der Waals surface area (Å²) in [6, 6.07) is 56.5. The zero-order valence-corrected chi connectivity index (χ0v) is 43.3. The summed E-state index contributed by atoms with van der Waals surface area (Å²) in [6.45, 7) is 39.7. The number of benzene rings is 7. The van der Waals surface area contributed by atoms with Crippen molar-refractivity contribution >= 4 is 17.1 Å². The van der Waals surface area contributed by atoms with Crippen molar-refractivity contribution in [1.82, 2.24) is 0 Å². The molecule has 1 aliphatic carbocycles. The van der Waals surface area contributed by atoms with E-state index in [9.17, 15) is 0 Å². The Morgan fingerprint density at radius 1 is 0.303 bits per heavy atom. The Morgan fingerprint density at radius 3 is 1.26 bits per heavy atom. The van der Waals surface area contributed by atoms with E-state index < -0.39 is 0 Å². The summed E-state index contributed by atoms with van der Waals surface area (Å²) in [5.74, 6) is 0. The number of nitrogens with zero attached hydrogens (tertiary/aromatic N) is 1. The molecule has 0 saturated carbocycles. The maximum Gasteiger partial charge on any atom is 0.0540 e. The standard InChI is InChI=1S/C65H75N/c1-60(2,3)47-28-26-42(27-29-47)54-22-19-21-25-59(54)66(52-30-31-56-55-23-18-20-24-57(55)65(16,17)58(56)41-52)53-38-46(37-51(40-53)64(13,14)15)44-32-43(33-48(34-44)61(4,5)6)45-35-49(62(7,8)9)39-50(36-45)63(10,11)12/h18-41H,1-17H3. The van der Waals surface area contributed by atoms with E-state index in [1.807, 2.05) is 0 Å².